The van der Waals surface area contributed by atoms with Crippen molar-refractivity contribution < 1.29 is 9.21 Å². The molecule has 2 rings (SSSR count). The molecule has 0 bridgehead atoms. The van der Waals surface area contributed by atoms with Gasteiger partial charge in [0.2, 0.25) is 0 Å². The molecule has 0 spiro atoms. The monoisotopic (exact) mass is 288 g/mol. The normalized spacial score (nSPS) is 11.8. The predicted octanol–water partition coefficient (Wildman–Crippen LogP) is 3.27. The Morgan fingerprint density at radius 2 is 2.05 bits per heavy atom. The first-order chi connectivity index (χ1) is 9.98. The van der Waals surface area contributed by atoms with E-state index in [2.05, 4.69) is 20.8 Å². The second-order valence-corrected chi connectivity index (χ2v) is 6.24. The standard InChI is InChI=1S/C17H24N2O2/c1-4-9-19(12-17(2,3)11-18)16(20)14-10-21-15-8-6-5-7-13(14)15/h5-8,10H,4,9,11-12,18H2,1-3H3. The lowest BCUT2D eigenvalue weighted by atomic mass is 9.92. The molecule has 4 nitrogen and oxygen atoms in total. The summed E-state index contributed by atoms with van der Waals surface area (Å²) in [6.07, 6.45) is 2.48. The number of nitrogens with zero attached hydrogens (tertiary/aromatic N) is 1. The van der Waals surface area contributed by atoms with Crippen molar-refractivity contribution in [1.82, 2.24) is 4.90 Å². The van der Waals surface area contributed by atoms with E-state index in [0.29, 0.717) is 18.7 Å². The smallest absolute Gasteiger partial charge is 0.257 e. The largest absolute Gasteiger partial charge is 0.463 e. The van der Waals surface area contributed by atoms with E-state index in [4.69, 9.17) is 10.2 Å². The van der Waals surface area contributed by atoms with Crippen LogP contribution in [0.3, 0.4) is 0 Å². The molecule has 1 heterocycles. The van der Waals surface area contributed by atoms with Gasteiger partial charge in [-0.25, -0.2) is 0 Å². The Labute approximate surface area is 125 Å². The number of rotatable bonds is 6. The van der Waals surface area contributed by atoms with Crippen molar-refractivity contribution in [2.24, 2.45) is 11.1 Å². The number of hydrogen-bond donors (Lipinski definition) is 1. The molecule has 0 unspecified atom stereocenters. The zero-order valence-corrected chi connectivity index (χ0v) is 13.1. The highest BCUT2D eigenvalue weighted by Crippen LogP contribution is 2.24. The van der Waals surface area contributed by atoms with Gasteiger partial charge in [0.15, 0.2) is 0 Å². The summed E-state index contributed by atoms with van der Waals surface area (Å²) in [6.45, 7) is 8.15. The molecule has 114 valence electrons. The van der Waals surface area contributed by atoms with Crippen LogP contribution in [0.2, 0.25) is 0 Å². The van der Waals surface area contributed by atoms with E-state index in [1.54, 1.807) is 6.26 Å². The number of furan rings is 1. The van der Waals surface area contributed by atoms with Crippen molar-refractivity contribution in [1.29, 1.82) is 0 Å². The van der Waals surface area contributed by atoms with Gasteiger partial charge in [-0.05, 0) is 24.4 Å². The fourth-order valence-corrected chi connectivity index (χ4v) is 2.42. The highest BCUT2D eigenvalue weighted by Gasteiger charge is 2.26. The molecule has 1 aromatic heterocycles. The van der Waals surface area contributed by atoms with E-state index in [1.807, 2.05) is 29.2 Å². The minimum Gasteiger partial charge on any atom is -0.463 e. The lowest BCUT2D eigenvalue weighted by Gasteiger charge is -2.31. The summed E-state index contributed by atoms with van der Waals surface area (Å²) in [7, 11) is 0. The molecule has 2 aromatic rings. The summed E-state index contributed by atoms with van der Waals surface area (Å²) in [5, 5.41) is 0.870. The summed E-state index contributed by atoms with van der Waals surface area (Å²) < 4.78 is 5.48. The van der Waals surface area contributed by atoms with Gasteiger partial charge >= 0.3 is 0 Å². The predicted molar refractivity (Wildman–Crippen MR) is 85.2 cm³/mol. The van der Waals surface area contributed by atoms with Crippen LogP contribution >= 0.6 is 0 Å². The third-order valence-corrected chi connectivity index (χ3v) is 3.66. The van der Waals surface area contributed by atoms with Crippen LogP contribution in [0.1, 0.15) is 37.6 Å². The maximum atomic E-state index is 12.8. The molecule has 0 aliphatic rings. The quantitative estimate of drug-likeness (QED) is 0.887. The molecule has 21 heavy (non-hydrogen) atoms. The van der Waals surface area contributed by atoms with Gasteiger partial charge in [-0.15, -0.1) is 0 Å². The Bertz CT molecular complexity index is 616. The molecule has 0 fully saturated rings. The molecule has 0 aliphatic carbocycles. The fourth-order valence-electron chi connectivity index (χ4n) is 2.42. The number of para-hydroxylation sites is 1. The topological polar surface area (TPSA) is 59.5 Å². The van der Waals surface area contributed by atoms with Crippen LogP contribution in [0.4, 0.5) is 0 Å². The third-order valence-electron chi connectivity index (χ3n) is 3.66. The van der Waals surface area contributed by atoms with Gasteiger partial charge in [0.25, 0.3) is 5.91 Å². The van der Waals surface area contributed by atoms with Crippen molar-refractivity contribution in [2.75, 3.05) is 19.6 Å². The van der Waals surface area contributed by atoms with Crippen molar-refractivity contribution in [2.45, 2.75) is 27.2 Å². The second kappa shape index (κ2) is 6.31. The Morgan fingerprint density at radius 1 is 1.33 bits per heavy atom. The zero-order chi connectivity index (χ0) is 15.5. The van der Waals surface area contributed by atoms with Crippen LogP contribution in [-0.4, -0.2) is 30.4 Å². The van der Waals surface area contributed by atoms with Gasteiger partial charge < -0.3 is 15.1 Å². The number of nitrogens with two attached hydrogens (primary N) is 1. The van der Waals surface area contributed by atoms with E-state index in [9.17, 15) is 4.79 Å². The number of fused-ring (bicyclic) bond motifs is 1. The van der Waals surface area contributed by atoms with Crippen LogP contribution in [0.5, 0.6) is 0 Å². The van der Waals surface area contributed by atoms with Gasteiger partial charge in [0.05, 0.1) is 5.56 Å². The van der Waals surface area contributed by atoms with E-state index >= 15 is 0 Å². The number of benzene rings is 1. The highest BCUT2D eigenvalue weighted by atomic mass is 16.3. The van der Waals surface area contributed by atoms with Gasteiger partial charge in [-0.2, -0.15) is 0 Å². The molecule has 0 saturated heterocycles. The SMILES string of the molecule is CCCN(CC(C)(C)CN)C(=O)c1coc2ccccc12. The van der Waals surface area contributed by atoms with Crippen LogP contribution < -0.4 is 5.73 Å². The molecular weight excluding hydrogens is 264 g/mol. The summed E-state index contributed by atoms with van der Waals surface area (Å²) >= 11 is 0. The van der Waals surface area contributed by atoms with Crippen LogP contribution in [0, 0.1) is 5.41 Å². The summed E-state index contributed by atoms with van der Waals surface area (Å²) in [5.74, 6) is 0.0170. The molecule has 0 atom stereocenters. The number of carbonyl (C=O) groups excluding carboxylic acids is 1. The van der Waals surface area contributed by atoms with Crippen LogP contribution in [0.25, 0.3) is 11.0 Å². The van der Waals surface area contributed by atoms with Crippen molar-refractivity contribution >= 4 is 16.9 Å². The van der Waals surface area contributed by atoms with Gasteiger partial charge in [-0.3, -0.25) is 4.79 Å². The molecule has 0 saturated carbocycles. The maximum Gasteiger partial charge on any atom is 0.257 e. The van der Waals surface area contributed by atoms with Crippen LogP contribution in [-0.2, 0) is 0 Å². The Kier molecular flexibility index (Phi) is 4.68. The first-order valence-corrected chi connectivity index (χ1v) is 7.44. The lowest BCUT2D eigenvalue weighted by Crippen LogP contribution is -2.42. The molecular formula is C17H24N2O2. The second-order valence-electron chi connectivity index (χ2n) is 6.24. The fraction of sp³-hybridized carbons (Fsp3) is 0.471. The Hall–Kier alpha value is -1.81. The van der Waals surface area contributed by atoms with E-state index in [0.717, 1.165) is 23.9 Å². The molecule has 1 aromatic carbocycles. The first-order valence-electron chi connectivity index (χ1n) is 7.44. The zero-order valence-electron chi connectivity index (χ0n) is 13.1. The summed E-state index contributed by atoms with van der Waals surface area (Å²) in [5.41, 5.74) is 7.09. The molecule has 1 amide bonds. The van der Waals surface area contributed by atoms with Crippen molar-refractivity contribution in [3.8, 4) is 0 Å². The lowest BCUT2D eigenvalue weighted by molar-refractivity contribution is 0.0690. The minimum absolute atomic E-state index is 0.0170. The molecule has 0 aliphatic heterocycles. The maximum absolute atomic E-state index is 12.8. The van der Waals surface area contributed by atoms with Crippen molar-refractivity contribution in [3.05, 3.63) is 36.1 Å². The molecule has 4 heteroatoms. The van der Waals surface area contributed by atoms with E-state index < -0.39 is 0 Å². The van der Waals surface area contributed by atoms with Gasteiger partial charge in [0, 0.05) is 18.5 Å². The number of amides is 1. The van der Waals surface area contributed by atoms with Gasteiger partial charge in [0.1, 0.15) is 11.8 Å². The summed E-state index contributed by atoms with van der Waals surface area (Å²) in [6, 6.07) is 7.62. The van der Waals surface area contributed by atoms with E-state index in [-0.39, 0.29) is 11.3 Å². The van der Waals surface area contributed by atoms with E-state index in [1.165, 1.54) is 0 Å². The Balaban J connectivity index is 2.30. The third kappa shape index (κ3) is 3.45. The Morgan fingerprint density at radius 3 is 2.71 bits per heavy atom. The summed E-state index contributed by atoms with van der Waals surface area (Å²) in [4.78, 5) is 14.7. The molecule has 2 N–H and O–H groups in total. The highest BCUT2D eigenvalue weighted by molar-refractivity contribution is 6.05. The number of hydrogen-bond acceptors (Lipinski definition) is 3. The average molecular weight is 288 g/mol. The first kappa shape index (κ1) is 15.6. The number of carbonyl (C=O) groups is 1. The van der Waals surface area contributed by atoms with Crippen molar-refractivity contribution in [3.63, 3.8) is 0 Å². The van der Waals surface area contributed by atoms with Gasteiger partial charge in [-0.1, -0.05) is 39.0 Å². The minimum atomic E-state index is -0.0929. The van der Waals surface area contributed by atoms with Crippen LogP contribution in [0.15, 0.2) is 34.9 Å². The average Bonchev–Trinajstić information content (AvgIpc) is 2.90. The molecule has 0 radical (unpaired) electrons.